The lowest BCUT2D eigenvalue weighted by Crippen LogP contribution is -2.31. The molecule has 0 aliphatic carbocycles. The molecule has 0 saturated heterocycles. The van der Waals surface area contributed by atoms with Gasteiger partial charge in [0.05, 0.1) is 10.2 Å². The van der Waals surface area contributed by atoms with Gasteiger partial charge in [0.2, 0.25) is 0 Å². The Bertz CT molecular complexity index is 490. The Morgan fingerprint density at radius 2 is 2.07 bits per heavy atom. The molecular weight excluding hydrogens is 227 g/mol. The van der Waals surface area contributed by atoms with Gasteiger partial charge in [-0.1, -0.05) is 31.0 Å². The minimum atomic E-state index is -1.37. The molecule has 2 rings (SSSR count). The quantitative estimate of drug-likeness (QED) is 0.810. The topological polar surface area (TPSA) is 24.9 Å². The van der Waals surface area contributed by atoms with Crippen molar-refractivity contribution in [3.8, 4) is 0 Å². The van der Waals surface area contributed by atoms with Crippen LogP contribution in [0.2, 0.25) is 19.6 Å². The van der Waals surface area contributed by atoms with E-state index >= 15 is 0 Å². The van der Waals surface area contributed by atoms with Crippen molar-refractivity contribution in [3.05, 3.63) is 24.0 Å². The zero-order valence-corrected chi connectivity index (χ0v) is 10.8. The second-order valence-electron chi connectivity index (χ2n) is 4.51. The molecule has 2 nitrogen and oxygen atoms in total. The number of rotatable bonds is 2. The minimum Gasteiger partial charge on any atom is -0.388 e. The highest BCUT2D eigenvalue weighted by Crippen LogP contribution is 2.27. The summed E-state index contributed by atoms with van der Waals surface area (Å²) in [6.45, 7) is 6.62. The van der Waals surface area contributed by atoms with Gasteiger partial charge in [-0.25, -0.2) is 9.37 Å². The van der Waals surface area contributed by atoms with Gasteiger partial charge in [0.15, 0.2) is 5.13 Å². The van der Waals surface area contributed by atoms with Gasteiger partial charge in [-0.15, -0.1) is 0 Å². The molecule has 0 aliphatic rings. The number of nitrogens with zero attached hydrogens (tertiary/aromatic N) is 1. The number of anilines is 1. The van der Waals surface area contributed by atoms with Crippen molar-refractivity contribution in [3.63, 3.8) is 0 Å². The van der Waals surface area contributed by atoms with Crippen LogP contribution in [0.25, 0.3) is 10.2 Å². The van der Waals surface area contributed by atoms with Crippen LogP contribution in [0.15, 0.2) is 18.2 Å². The summed E-state index contributed by atoms with van der Waals surface area (Å²) < 4.78 is 13.8. The maximum Gasteiger partial charge on any atom is 0.175 e. The number of aromatic nitrogens is 1. The Kier molecular flexibility index (Phi) is 2.52. The highest BCUT2D eigenvalue weighted by atomic mass is 32.1. The molecule has 0 radical (unpaired) electrons. The van der Waals surface area contributed by atoms with E-state index in [1.54, 1.807) is 6.07 Å². The van der Waals surface area contributed by atoms with Gasteiger partial charge >= 0.3 is 0 Å². The number of fused-ring (bicyclic) bond motifs is 1. The maximum absolute atomic E-state index is 13.0. The Morgan fingerprint density at radius 3 is 2.73 bits per heavy atom. The largest absolute Gasteiger partial charge is 0.388 e. The number of hydrogen-bond donors (Lipinski definition) is 1. The summed E-state index contributed by atoms with van der Waals surface area (Å²) in [5, 5.41) is 0.898. The first-order valence-electron chi connectivity index (χ1n) is 4.78. The highest BCUT2D eigenvalue weighted by molar-refractivity contribution is 7.22. The number of halogens is 1. The van der Waals surface area contributed by atoms with E-state index in [2.05, 4.69) is 29.6 Å². The molecule has 0 atom stereocenters. The summed E-state index contributed by atoms with van der Waals surface area (Å²) in [6.07, 6.45) is 0. The monoisotopic (exact) mass is 240 g/mol. The van der Waals surface area contributed by atoms with E-state index in [-0.39, 0.29) is 5.82 Å². The molecule has 0 saturated carbocycles. The fourth-order valence-corrected chi connectivity index (χ4v) is 3.83. The molecule has 0 bridgehead atoms. The van der Waals surface area contributed by atoms with Gasteiger partial charge < -0.3 is 4.98 Å². The molecule has 0 spiro atoms. The third-order valence-electron chi connectivity index (χ3n) is 1.83. The van der Waals surface area contributed by atoms with Gasteiger partial charge in [-0.05, 0) is 18.2 Å². The fraction of sp³-hybridized carbons (Fsp3) is 0.300. The fourth-order valence-electron chi connectivity index (χ4n) is 1.27. The van der Waals surface area contributed by atoms with Crippen LogP contribution in [0.5, 0.6) is 0 Å². The van der Waals surface area contributed by atoms with Gasteiger partial charge in [0.1, 0.15) is 14.1 Å². The van der Waals surface area contributed by atoms with Gasteiger partial charge in [0, 0.05) is 0 Å². The Labute approximate surface area is 93.2 Å². The SMILES string of the molecule is C[Si](C)(C)Nc1nc2ccc(F)cc2s1. The van der Waals surface area contributed by atoms with Crippen LogP contribution in [0.1, 0.15) is 0 Å². The van der Waals surface area contributed by atoms with E-state index in [0.717, 1.165) is 15.3 Å². The zero-order valence-electron chi connectivity index (χ0n) is 8.97. The van der Waals surface area contributed by atoms with E-state index < -0.39 is 8.24 Å². The molecule has 80 valence electrons. The first kappa shape index (κ1) is 10.6. The Hall–Kier alpha value is -0.943. The number of hydrogen-bond acceptors (Lipinski definition) is 3. The maximum atomic E-state index is 13.0. The van der Waals surface area contributed by atoms with Crippen molar-refractivity contribution in [2.45, 2.75) is 19.6 Å². The summed E-state index contributed by atoms with van der Waals surface area (Å²) in [4.78, 5) is 7.83. The van der Waals surface area contributed by atoms with Crippen molar-refractivity contribution in [1.82, 2.24) is 4.98 Å². The van der Waals surface area contributed by atoms with Gasteiger partial charge in [-0.2, -0.15) is 0 Å². The van der Waals surface area contributed by atoms with E-state index in [1.807, 2.05) is 0 Å². The van der Waals surface area contributed by atoms with Crippen LogP contribution in [-0.4, -0.2) is 13.2 Å². The first-order chi connectivity index (χ1) is 6.94. The van der Waals surface area contributed by atoms with Crippen LogP contribution in [0, 0.1) is 5.82 Å². The minimum absolute atomic E-state index is 0.203. The molecule has 1 aromatic heterocycles. The second-order valence-corrected chi connectivity index (χ2v) is 10.3. The van der Waals surface area contributed by atoms with Crippen molar-refractivity contribution in [1.29, 1.82) is 0 Å². The zero-order chi connectivity index (χ0) is 11.1. The summed E-state index contributed by atoms with van der Waals surface area (Å²) in [6, 6.07) is 4.69. The van der Waals surface area contributed by atoms with E-state index in [1.165, 1.54) is 23.5 Å². The van der Waals surface area contributed by atoms with Crippen LogP contribution in [0.3, 0.4) is 0 Å². The first-order valence-corrected chi connectivity index (χ1v) is 9.10. The Balaban J connectivity index is 2.39. The molecule has 0 aliphatic heterocycles. The van der Waals surface area contributed by atoms with Crippen LogP contribution in [-0.2, 0) is 0 Å². The molecule has 2 aromatic rings. The van der Waals surface area contributed by atoms with Gasteiger partial charge in [0.25, 0.3) is 0 Å². The average molecular weight is 240 g/mol. The lowest BCUT2D eigenvalue weighted by molar-refractivity contribution is 0.630. The predicted molar refractivity (Wildman–Crippen MR) is 66.5 cm³/mol. The molecule has 1 aromatic carbocycles. The third-order valence-corrected chi connectivity index (χ3v) is 3.93. The standard InChI is InChI=1S/C10H13FN2SSi/c1-15(2,3)13-10-12-8-5-4-7(11)6-9(8)14-10/h4-6H,1-3H3,(H,12,13). The molecule has 15 heavy (non-hydrogen) atoms. The normalized spacial score (nSPS) is 12.0. The van der Waals surface area contributed by atoms with E-state index in [4.69, 9.17) is 0 Å². The number of nitrogens with one attached hydrogen (secondary N) is 1. The van der Waals surface area contributed by atoms with Crippen molar-refractivity contribution >= 4 is 34.9 Å². The smallest absolute Gasteiger partial charge is 0.175 e. The summed E-state index contributed by atoms with van der Waals surface area (Å²) in [5.74, 6) is -0.203. The number of benzene rings is 1. The summed E-state index contributed by atoms with van der Waals surface area (Å²) in [7, 11) is -1.37. The van der Waals surface area contributed by atoms with Gasteiger partial charge in [-0.3, -0.25) is 0 Å². The lowest BCUT2D eigenvalue weighted by Gasteiger charge is -2.16. The lowest BCUT2D eigenvalue weighted by atomic mass is 10.3. The molecule has 0 unspecified atom stereocenters. The predicted octanol–water partition coefficient (Wildman–Crippen LogP) is 3.68. The molecule has 0 amide bonds. The number of thiazole rings is 1. The molecule has 1 N–H and O–H groups in total. The van der Waals surface area contributed by atoms with E-state index in [0.29, 0.717) is 0 Å². The highest BCUT2D eigenvalue weighted by Gasteiger charge is 2.15. The third kappa shape index (κ3) is 2.54. The summed E-state index contributed by atoms with van der Waals surface area (Å²) in [5.41, 5.74) is 0.863. The van der Waals surface area contributed by atoms with Crippen LogP contribution < -0.4 is 4.98 Å². The van der Waals surface area contributed by atoms with Crippen molar-refractivity contribution < 1.29 is 4.39 Å². The Morgan fingerprint density at radius 1 is 1.33 bits per heavy atom. The van der Waals surface area contributed by atoms with Crippen molar-refractivity contribution in [2.75, 3.05) is 4.98 Å². The summed E-state index contributed by atoms with van der Waals surface area (Å²) >= 11 is 1.51. The molecule has 0 fully saturated rings. The molecule has 1 heterocycles. The molecule has 5 heteroatoms. The van der Waals surface area contributed by atoms with Crippen molar-refractivity contribution in [2.24, 2.45) is 0 Å². The van der Waals surface area contributed by atoms with Crippen LogP contribution in [0.4, 0.5) is 9.52 Å². The van der Waals surface area contributed by atoms with Crippen LogP contribution >= 0.6 is 11.3 Å². The molecular formula is C10H13FN2SSi. The van der Waals surface area contributed by atoms with E-state index in [9.17, 15) is 4.39 Å². The second kappa shape index (κ2) is 3.57. The average Bonchev–Trinajstić information content (AvgIpc) is 2.42.